The van der Waals surface area contributed by atoms with Crippen LogP contribution >= 0.6 is 11.3 Å². The molecule has 1 rings (SSSR count). The van der Waals surface area contributed by atoms with Crippen molar-refractivity contribution in [3.63, 3.8) is 0 Å². The average molecular weight is 270 g/mol. The van der Waals surface area contributed by atoms with Gasteiger partial charge in [0.05, 0.1) is 10.7 Å². The van der Waals surface area contributed by atoms with E-state index in [4.69, 9.17) is 5.11 Å². The highest BCUT2D eigenvalue weighted by Crippen LogP contribution is 2.21. The number of rotatable bonds is 5. The first-order valence-electron chi connectivity index (χ1n) is 5.84. The van der Waals surface area contributed by atoms with Gasteiger partial charge in [0.15, 0.2) is 0 Å². The molecule has 0 aliphatic carbocycles. The molecule has 0 fully saturated rings. The molecule has 0 spiro atoms. The van der Waals surface area contributed by atoms with E-state index in [0.717, 1.165) is 17.8 Å². The van der Waals surface area contributed by atoms with E-state index >= 15 is 0 Å². The smallest absolute Gasteiger partial charge is 0.326 e. The van der Waals surface area contributed by atoms with Gasteiger partial charge < -0.3 is 10.0 Å². The van der Waals surface area contributed by atoms with Crippen molar-refractivity contribution in [3.05, 3.63) is 15.6 Å². The van der Waals surface area contributed by atoms with Gasteiger partial charge in [-0.3, -0.25) is 4.79 Å². The molecule has 100 valence electrons. The first kappa shape index (κ1) is 14.6. The number of likely N-dealkylation sites (N-methyl/N-ethyl adjacent to an activating group) is 1. The second-order valence-corrected chi connectivity index (χ2v) is 5.29. The fourth-order valence-electron chi connectivity index (χ4n) is 1.47. The molecule has 1 N–H and O–H groups in total. The maximum atomic E-state index is 12.2. The molecule has 6 heteroatoms. The number of aliphatic carboxylic acids is 1. The largest absolute Gasteiger partial charge is 0.480 e. The quantitative estimate of drug-likeness (QED) is 0.887. The number of aromatic nitrogens is 1. The molecule has 1 heterocycles. The van der Waals surface area contributed by atoms with Gasteiger partial charge in [-0.1, -0.05) is 6.92 Å². The molecule has 18 heavy (non-hydrogen) atoms. The van der Waals surface area contributed by atoms with E-state index in [1.54, 1.807) is 6.92 Å². The number of hydrogen-bond acceptors (Lipinski definition) is 4. The third-order valence-electron chi connectivity index (χ3n) is 2.76. The van der Waals surface area contributed by atoms with Crippen LogP contribution in [0, 0.1) is 6.92 Å². The second kappa shape index (κ2) is 5.95. The Morgan fingerprint density at radius 3 is 2.61 bits per heavy atom. The Bertz CT molecular complexity index is 456. The van der Waals surface area contributed by atoms with Crippen molar-refractivity contribution >= 4 is 23.2 Å². The van der Waals surface area contributed by atoms with Crippen molar-refractivity contribution in [1.29, 1.82) is 0 Å². The van der Waals surface area contributed by atoms with E-state index in [1.165, 1.54) is 30.2 Å². The van der Waals surface area contributed by atoms with E-state index in [0.29, 0.717) is 10.6 Å². The topological polar surface area (TPSA) is 70.5 Å². The molecule has 0 saturated heterocycles. The third-order valence-corrected chi connectivity index (χ3v) is 3.96. The van der Waals surface area contributed by atoms with Gasteiger partial charge in [0.25, 0.3) is 5.91 Å². The van der Waals surface area contributed by atoms with Gasteiger partial charge in [-0.2, -0.15) is 0 Å². The predicted octanol–water partition coefficient (Wildman–Crippen LogP) is 1.95. The highest BCUT2D eigenvalue weighted by atomic mass is 32.1. The molecule has 0 bridgehead atoms. The Balaban J connectivity index is 2.93. The lowest BCUT2D eigenvalue weighted by Gasteiger charge is -2.20. The highest BCUT2D eigenvalue weighted by molar-refractivity contribution is 7.13. The Hall–Kier alpha value is -1.43. The normalized spacial score (nSPS) is 12.2. The summed E-state index contributed by atoms with van der Waals surface area (Å²) >= 11 is 1.35. The van der Waals surface area contributed by atoms with Gasteiger partial charge in [-0.15, -0.1) is 11.3 Å². The van der Waals surface area contributed by atoms with Crippen LogP contribution in [0.15, 0.2) is 0 Å². The maximum Gasteiger partial charge on any atom is 0.326 e. The lowest BCUT2D eigenvalue weighted by Crippen LogP contribution is -2.40. The van der Waals surface area contributed by atoms with Gasteiger partial charge in [0, 0.05) is 7.05 Å². The van der Waals surface area contributed by atoms with Crippen molar-refractivity contribution < 1.29 is 14.7 Å². The summed E-state index contributed by atoms with van der Waals surface area (Å²) in [5.41, 5.74) is 0.679. The number of nitrogens with zero attached hydrogens (tertiary/aromatic N) is 2. The molecule has 1 atom stereocenters. The minimum atomic E-state index is -1.01. The maximum absolute atomic E-state index is 12.2. The predicted molar refractivity (Wildman–Crippen MR) is 70.0 cm³/mol. The number of carboxylic acids is 1. The number of carboxylic acid groups (broad SMARTS) is 1. The van der Waals surface area contributed by atoms with E-state index in [1.807, 2.05) is 0 Å². The summed E-state index contributed by atoms with van der Waals surface area (Å²) in [6, 6.07) is -0.839. The molecule has 5 nitrogen and oxygen atoms in total. The number of thiazole rings is 1. The highest BCUT2D eigenvalue weighted by Gasteiger charge is 2.25. The molecule has 0 saturated carbocycles. The first-order chi connectivity index (χ1) is 8.38. The summed E-state index contributed by atoms with van der Waals surface area (Å²) in [5.74, 6) is -1.29. The monoisotopic (exact) mass is 270 g/mol. The van der Waals surface area contributed by atoms with Crippen LogP contribution in [-0.4, -0.2) is 40.0 Å². The molecule has 0 aromatic carbocycles. The number of carbonyl (C=O) groups is 2. The van der Waals surface area contributed by atoms with Crippen LogP contribution in [0.4, 0.5) is 0 Å². The Morgan fingerprint density at radius 2 is 2.11 bits per heavy atom. The van der Waals surface area contributed by atoms with Crippen LogP contribution in [0.5, 0.6) is 0 Å². The summed E-state index contributed by atoms with van der Waals surface area (Å²) in [4.78, 5) is 29.1. The van der Waals surface area contributed by atoms with Crippen LogP contribution in [0.2, 0.25) is 0 Å². The van der Waals surface area contributed by atoms with E-state index in [9.17, 15) is 9.59 Å². The Morgan fingerprint density at radius 1 is 1.50 bits per heavy atom. The minimum Gasteiger partial charge on any atom is -0.480 e. The fourth-order valence-corrected chi connectivity index (χ4v) is 2.62. The lowest BCUT2D eigenvalue weighted by atomic mass is 10.2. The number of amides is 1. The van der Waals surface area contributed by atoms with Gasteiger partial charge in [-0.25, -0.2) is 9.78 Å². The zero-order valence-electron chi connectivity index (χ0n) is 11.1. The first-order valence-corrected chi connectivity index (χ1v) is 6.66. The Kier molecular flexibility index (Phi) is 4.84. The average Bonchev–Trinajstić information content (AvgIpc) is 2.67. The second-order valence-electron chi connectivity index (χ2n) is 4.20. The standard InChI is InChI=1S/C12H18N2O3S/c1-5-6-9-13-7(2)10(18-9)11(15)14(4)8(3)12(16)17/h8H,5-6H2,1-4H3,(H,16,17). The SMILES string of the molecule is CCCc1nc(C)c(C(=O)N(C)C(C)C(=O)O)s1. The molecular formula is C12H18N2O3S. The summed E-state index contributed by atoms with van der Waals surface area (Å²) < 4.78 is 0. The molecule has 1 unspecified atom stereocenters. The molecular weight excluding hydrogens is 252 g/mol. The molecule has 1 aromatic heterocycles. The van der Waals surface area contributed by atoms with Crippen molar-refractivity contribution in [2.45, 2.75) is 39.7 Å². The van der Waals surface area contributed by atoms with Crippen LogP contribution in [0.25, 0.3) is 0 Å². The van der Waals surface area contributed by atoms with Crippen molar-refractivity contribution in [2.24, 2.45) is 0 Å². The van der Waals surface area contributed by atoms with E-state index in [-0.39, 0.29) is 5.91 Å². The molecule has 1 amide bonds. The van der Waals surface area contributed by atoms with Crippen molar-refractivity contribution in [1.82, 2.24) is 9.88 Å². The molecule has 0 aliphatic heterocycles. The van der Waals surface area contributed by atoms with Crippen molar-refractivity contribution in [2.75, 3.05) is 7.05 Å². The van der Waals surface area contributed by atoms with Gasteiger partial charge >= 0.3 is 5.97 Å². The summed E-state index contributed by atoms with van der Waals surface area (Å²) in [6.45, 7) is 5.32. The zero-order chi connectivity index (χ0) is 13.9. The van der Waals surface area contributed by atoms with Crippen molar-refractivity contribution in [3.8, 4) is 0 Å². The number of aryl methyl sites for hydroxylation is 2. The molecule has 0 radical (unpaired) electrons. The molecule has 1 aromatic rings. The minimum absolute atomic E-state index is 0.276. The van der Waals surface area contributed by atoms with Crippen LogP contribution in [0.1, 0.15) is 40.6 Å². The van der Waals surface area contributed by atoms with Gasteiger partial charge in [0.2, 0.25) is 0 Å². The van der Waals surface area contributed by atoms with Crippen LogP contribution in [-0.2, 0) is 11.2 Å². The lowest BCUT2D eigenvalue weighted by molar-refractivity contribution is -0.141. The molecule has 0 aliphatic rings. The summed E-state index contributed by atoms with van der Waals surface area (Å²) in [5, 5.41) is 9.83. The van der Waals surface area contributed by atoms with Gasteiger partial charge in [-0.05, 0) is 26.7 Å². The van der Waals surface area contributed by atoms with E-state index in [2.05, 4.69) is 11.9 Å². The van der Waals surface area contributed by atoms with Gasteiger partial charge in [0.1, 0.15) is 10.9 Å². The zero-order valence-corrected chi connectivity index (χ0v) is 11.9. The number of hydrogen-bond donors (Lipinski definition) is 1. The Labute approximate surface area is 110 Å². The fraction of sp³-hybridized carbons (Fsp3) is 0.583. The van der Waals surface area contributed by atoms with Crippen LogP contribution < -0.4 is 0 Å². The number of carbonyl (C=O) groups excluding carboxylic acids is 1. The third kappa shape index (κ3) is 3.07. The van der Waals surface area contributed by atoms with Crippen LogP contribution in [0.3, 0.4) is 0 Å². The van der Waals surface area contributed by atoms with E-state index < -0.39 is 12.0 Å². The summed E-state index contributed by atoms with van der Waals surface area (Å²) in [6.07, 6.45) is 1.82. The summed E-state index contributed by atoms with van der Waals surface area (Å²) in [7, 11) is 1.50.